The third-order valence-corrected chi connectivity index (χ3v) is 4.45. The zero-order valence-electron chi connectivity index (χ0n) is 12.0. The Labute approximate surface area is 128 Å². The summed E-state index contributed by atoms with van der Waals surface area (Å²) in [6.45, 7) is 5.91. The van der Waals surface area contributed by atoms with Crippen LogP contribution in [0.5, 0.6) is 0 Å². The van der Waals surface area contributed by atoms with Crippen molar-refractivity contribution in [2.75, 3.05) is 0 Å². The monoisotopic (exact) mass is 333 g/mol. The van der Waals surface area contributed by atoms with Crippen LogP contribution in [-0.2, 0) is 13.1 Å². The molecule has 0 bridgehead atoms. The van der Waals surface area contributed by atoms with Gasteiger partial charge in [0.05, 0.1) is 12.2 Å². The lowest BCUT2D eigenvalue weighted by atomic mass is 10.1. The molecule has 1 fully saturated rings. The maximum absolute atomic E-state index is 4.52. The van der Waals surface area contributed by atoms with Gasteiger partial charge in [-0.3, -0.25) is 4.68 Å². The Morgan fingerprint density at radius 1 is 1.30 bits per heavy atom. The van der Waals surface area contributed by atoms with Crippen molar-refractivity contribution in [1.82, 2.24) is 15.1 Å². The van der Waals surface area contributed by atoms with E-state index >= 15 is 0 Å². The molecule has 0 spiro atoms. The summed E-state index contributed by atoms with van der Waals surface area (Å²) in [5.74, 6) is 0. The van der Waals surface area contributed by atoms with E-state index in [9.17, 15) is 0 Å². The van der Waals surface area contributed by atoms with E-state index in [4.69, 9.17) is 0 Å². The van der Waals surface area contributed by atoms with E-state index in [1.807, 2.05) is 6.92 Å². The summed E-state index contributed by atoms with van der Waals surface area (Å²) in [6, 6.07) is 9.49. The minimum Gasteiger partial charge on any atom is -0.310 e. The van der Waals surface area contributed by atoms with Gasteiger partial charge < -0.3 is 5.32 Å². The fourth-order valence-electron chi connectivity index (χ4n) is 2.38. The highest BCUT2D eigenvalue weighted by molar-refractivity contribution is 9.10. The zero-order valence-corrected chi connectivity index (χ0v) is 13.6. The van der Waals surface area contributed by atoms with E-state index in [1.54, 1.807) is 0 Å². The molecule has 0 atom stereocenters. The van der Waals surface area contributed by atoms with Crippen LogP contribution in [0.2, 0.25) is 0 Å². The first-order chi connectivity index (χ1) is 9.61. The second-order valence-corrected chi connectivity index (χ2v) is 6.52. The van der Waals surface area contributed by atoms with Gasteiger partial charge in [0.25, 0.3) is 0 Å². The molecule has 106 valence electrons. The number of rotatable bonds is 5. The summed E-state index contributed by atoms with van der Waals surface area (Å²) in [4.78, 5) is 0. The fraction of sp³-hybridized carbons (Fsp3) is 0.438. The van der Waals surface area contributed by atoms with Crippen LogP contribution in [0.4, 0.5) is 0 Å². The van der Waals surface area contributed by atoms with Crippen molar-refractivity contribution in [2.24, 2.45) is 0 Å². The van der Waals surface area contributed by atoms with Gasteiger partial charge in [-0.25, -0.2) is 0 Å². The lowest BCUT2D eigenvalue weighted by Gasteiger charge is -2.10. The molecule has 3 nitrogen and oxygen atoms in total. The highest BCUT2D eigenvalue weighted by Gasteiger charge is 2.20. The Bertz CT molecular complexity index is 614. The van der Waals surface area contributed by atoms with Crippen molar-refractivity contribution in [1.29, 1.82) is 0 Å². The minimum atomic E-state index is 0.753. The first-order valence-electron chi connectivity index (χ1n) is 7.13. The van der Waals surface area contributed by atoms with Crippen LogP contribution in [0.3, 0.4) is 0 Å². The number of halogens is 1. The van der Waals surface area contributed by atoms with Crippen molar-refractivity contribution in [3.05, 3.63) is 51.3 Å². The van der Waals surface area contributed by atoms with Crippen LogP contribution >= 0.6 is 15.9 Å². The summed E-state index contributed by atoms with van der Waals surface area (Å²) in [5, 5.41) is 8.06. The average molecular weight is 334 g/mol. The second kappa shape index (κ2) is 5.70. The molecule has 4 heteroatoms. The van der Waals surface area contributed by atoms with Gasteiger partial charge in [-0.1, -0.05) is 28.1 Å². The number of hydrogen-bond acceptors (Lipinski definition) is 2. The molecule has 1 N–H and O–H groups in total. The molecule has 0 radical (unpaired) electrons. The second-order valence-electron chi connectivity index (χ2n) is 5.67. The molecule has 20 heavy (non-hydrogen) atoms. The highest BCUT2D eigenvalue weighted by atomic mass is 79.9. The molecule has 0 amide bonds. The molecular formula is C16H20BrN3. The number of hydrogen-bond donors (Lipinski definition) is 1. The van der Waals surface area contributed by atoms with Gasteiger partial charge in [-0.05, 0) is 49.9 Å². The third kappa shape index (κ3) is 3.30. The van der Waals surface area contributed by atoms with Gasteiger partial charge in [0.15, 0.2) is 0 Å². The Kier molecular flexibility index (Phi) is 3.94. The molecule has 0 unspecified atom stereocenters. The number of nitrogens with one attached hydrogen (secondary N) is 1. The lowest BCUT2D eigenvalue weighted by molar-refractivity contribution is 0.655. The maximum Gasteiger partial charge on any atom is 0.0673 e. The van der Waals surface area contributed by atoms with E-state index in [-0.39, 0.29) is 0 Å². The van der Waals surface area contributed by atoms with Crippen molar-refractivity contribution < 1.29 is 0 Å². The molecule has 1 aromatic carbocycles. The molecular weight excluding hydrogens is 314 g/mol. The SMILES string of the molecule is Cc1cc(C)n(Cc2ccc(CNC3CC3)cc2Br)n1. The van der Waals surface area contributed by atoms with Gasteiger partial charge in [0, 0.05) is 22.8 Å². The molecule has 1 aliphatic rings. The Balaban J connectivity index is 1.71. The van der Waals surface area contributed by atoms with E-state index in [0.717, 1.165) is 24.8 Å². The number of benzene rings is 1. The number of aryl methyl sites for hydroxylation is 2. The first kappa shape index (κ1) is 13.8. The Morgan fingerprint density at radius 3 is 2.70 bits per heavy atom. The highest BCUT2D eigenvalue weighted by Crippen LogP contribution is 2.22. The molecule has 1 aliphatic carbocycles. The van der Waals surface area contributed by atoms with Crippen LogP contribution in [0, 0.1) is 13.8 Å². The van der Waals surface area contributed by atoms with Crippen LogP contribution in [-0.4, -0.2) is 15.8 Å². The van der Waals surface area contributed by atoms with E-state index in [2.05, 4.69) is 62.2 Å². The van der Waals surface area contributed by atoms with E-state index in [0.29, 0.717) is 0 Å². The lowest BCUT2D eigenvalue weighted by Crippen LogP contribution is -2.15. The first-order valence-corrected chi connectivity index (χ1v) is 7.93. The van der Waals surface area contributed by atoms with Crippen molar-refractivity contribution in [2.45, 2.75) is 45.8 Å². The average Bonchev–Trinajstić information content (AvgIpc) is 3.17. The molecule has 2 aromatic rings. The molecule has 1 aromatic heterocycles. The van der Waals surface area contributed by atoms with Crippen LogP contribution in [0.15, 0.2) is 28.7 Å². The third-order valence-electron chi connectivity index (χ3n) is 3.71. The van der Waals surface area contributed by atoms with Gasteiger partial charge in [0.1, 0.15) is 0 Å². The predicted molar refractivity (Wildman–Crippen MR) is 84.8 cm³/mol. The van der Waals surface area contributed by atoms with Crippen LogP contribution < -0.4 is 5.32 Å². The predicted octanol–water partition coefficient (Wildman–Crippen LogP) is 3.56. The summed E-state index contributed by atoms with van der Waals surface area (Å²) in [6.07, 6.45) is 2.66. The van der Waals surface area contributed by atoms with Gasteiger partial charge in [0.2, 0.25) is 0 Å². The summed E-state index contributed by atoms with van der Waals surface area (Å²) in [5.41, 5.74) is 4.88. The summed E-state index contributed by atoms with van der Waals surface area (Å²) >= 11 is 3.69. The largest absolute Gasteiger partial charge is 0.310 e. The molecule has 3 rings (SSSR count). The smallest absolute Gasteiger partial charge is 0.0673 e. The van der Waals surface area contributed by atoms with E-state index in [1.165, 1.54) is 34.1 Å². The molecule has 0 saturated heterocycles. The van der Waals surface area contributed by atoms with Crippen LogP contribution in [0.1, 0.15) is 35.4 Å². The molecule has 1 saturated carbocycles. The Morgan fingerprint density at radius 2 is 2.10 bits per heavy atom. The van der Waals surface area contributed by atoms with Gasteiger partial charge >= 0.3 is 0 Å². The van der Waals surface area contributed by atoms with Gasteiger partial charge in [-0.15, -0.1) is 0 Å². The van der Waals surface area contributed by atoms with E-state index < -0.39 is 0 Å². The molecule has 0 aliphatic heterocycles. The zero-order chi connectivity index (χ0) is 14.1. The minimum absolute atomic E-state index is 0.753. The molecule has 1 heterocycles. The Hall–Kier alpha value is -1.13. The fourth-order valence-corrected chi connectivity index (χ4v) is 2.93. The summed E-state index contributed by atoms with van der Waals surface area (Å²) in [7, 11) is 0. The quantitative estimate of drug-likeness (QED) is 0.906. The van der Waals surface area contributed by atoms with Crippen LogP contribution in [0.25, 0.3) is 0 Å². The number of aromatic nitrogens is 2. The van der Waals surface area contributed by atoms with Crippen molar-refractivity contribution >= 4 is 15.9 Å². The summed E-state index contributed by atoms with van der Waals surface area (Å²) < 4.78 is 3.22. The van der Waals surface area contributed by atoms with Crippen molar-refractivity contribution in [3.8, 4) is 0 Å². The normalized spacial score (nSPS) is 14.8. The maximum atomic E-state index is 4.52. The topological polar surface area (TPSA) is 29.9 Å². The van der Waals surface area contributed by atoms with Gasteiger partial charge in [-0.2, -0.15) is 5.10 Å². The van der Waals surface area contributed by atoms with Crippen molar-refractivity contribution in [3.63, 3.8) is 0 Å². The number of nitrogens with zero attached hydrogens (tertiary/aromatic N) is 2. The standard InChI is InChI=1S/C16H20BrN3/c1-11-7-12(2)20(19-11)10-14-4-3-13(8-16(14)17)9-18-15-5-6-15/h3-4,7-8,15,18H,5-6,9-10H2,1-2H3.